The summed E-state index contributed by atoms with van der Waals surface area (Å²) in [7, 11) is 0.700. The summed E-state index contributed by atoms with van der Waals surface area (Å²) in [5.74, 6) is 0. The molecule has 9 rings (SSSR count). The molecule has 0 saturated carbocycles. The van der Waals surface area contributed by atoms with Crippen molar-refractivity contribution in [3.8, 4) is 0 Å². The first-order chi connectivity index (χ1) is 15.9. The van der Waals surface area contributed by atoms with Gasteiger partial charge in [0.2, 0.25) is 0 Å². The van der Waals surface area contributed by atoms with Gasteiger partial charge in [0.25, 0.3) is 0 Å². The number of fused-ring (bicyclic) bond motifs is 2. The number of rotatable bonds is 0. The second kappa shape index (κ2) is 6.46. The first kappa shape index (κ1) is 18.6. The molecule has 0 spiro atoms. The fourth-order valence-corrected chi connectivity index (χ4v) is 18.4. The van der Waals surface area contributed by atoms with Crippen LogP contribution in [0.2, 0.25) is 0 Å². The fraction of sp³-hybridized carbons (Fsp3) is 0.154. The van der Waals surface area contributed by atoms with E-state index >= 15 is 0 Å². The van der Waals surface area contributed by atoms with Gasteiger partial charge in [0.1, 0.15) is 0 Å². The maximum atomic E-state index is 2.55. The summed E-state index contributed by atoms with van der Waals surface area (Å²) < 4.78 is 3.39. The summed E-state index contributed by atoms with van der Waals surface area (Å²) in [6, 6.07) is 19.0. The largest absolute Gasteiger partial charge is 0.156 e. The summed E-state index contributed by atoms with van der Waals surface area (Å²) in [6.45, 7) is 0. The lowest BCUT2D eigenvalue weighted by Gasteiger charge is -2.30. The third kappa shape index (κ3) is 2.19. The van der Waals surface area contributed by atoms with E-state index in [1.807, 2.05) is 0 Å². The Morgan fingerprint density at radius 2 is 1.00 bits per heavy atom. The zero-order valence-corrected chi connectivity index (χ0v) is 21.8. The molecule has 6 heteroatoms. The first-order valence-electron chi connectivity index (χ1n) is 10.7. The molecule has 5 aromatic rings. The zero-order chi connectivity index (χ0) is 20.6. The van der Waals surface area contributed by atoms with E-state index in [4.69, 9.17) is 0 Å². The minimum absolute atomic E-state index is 0.350. The Kier molecular flexibility index (Phi) is 3.75. The molecule has 4 aliphatic rings. The van der Waals surface area contributed by atoms with E-state index in [9.17, 15) is 0 Å². The Labute approximate surface area is 207 Å². The molecule has 0 nitrogen and oxygen atoms in total. The van der Waals surface area contributed by atoms with E-state index in [2.05, 4.69) is 95.6 Å². The van der Waals surface area contributed by atoms with Crippen LogP contribution in [0.5, 0.6) is 0 Å². The van der Waals surface area contributed by atoms with Crippen LogP contribution in [-0.4, -0.2) is 20.3 Å². The highest BCUT2D eigenvalue weighted by Crippen LogP contribution is 2.58. The molecule has 0 bridgehead atoms. The van der Waals surface area contributed by atoms with Gasteiger partial charge in [-0.1, -0.05) is 24.3 Å². The monoisotopic (exact) mass is 520 g/mol. The average Bonchev–Trinajstić information content (AvgIpc) is 2.85. The second-order valence-electron chi connectivity index (χ2n) is 8.66. The van der Waals surface area contributed by atoms with E-state index in [1.165, 1.54) is 40.9 Å². The number of benzene rings is 5. The van der Waals surface area contributed by atoms with Gasteiger partial charge in [-0.3, -0.25) is 0 Å². The van der Waals surface area contributed by atoms with Gasteiger partial charge in [-0.2, -0.15) is 21.0 Å². The Morgan fingerprint density at radius 3 is 1.50 bits per heavy atom. The van der Waals surface area contributed by atoms with Crippen LogP contribution in [-0.2, 0) is 0 Å². The van der Waals surface area contributed by atoms with Crippen LogP contribution >= 0.6 is 68.0 Å². The van der Waals surface area contributed by atoms with Crippen molar-refractivity contribution in [1.82, 2.24) is 0 Å². The third-order valence-electron chi connectivity index (χ3n) is 7.09. The molecule has 0 N–H and O–H groups in total. The smallest absolute Gasteiger partial charge is 0.0404 e. The molecular formula is C26H16S6. The van der Waals surface area contributed by atoms with Crippen molar-refractivity contribution in [2.75, 3.05) is 20.3 Å². The average molecular weight is 521 g/mol. The highest BCUT2D eigenvalue weighted by molar-refractivity contribution is 8.29. The normalized spacial score (nSPS) is 22.6. The van der Waals surface area contributed by atoms with Crippen LogP contribution in [0.3, 0.4) is 0 Å². The standard InChI is InChI=1S/C26H16S6/c1-3-13-7-15-21-24(30-11-31-9-27-17(5-1)19(13)25(21)31)16-8-14-4-2-6-18-20(14)26-22(16)23(15)29-12-32(26)10-28-18/h1-8H,9-12H2. The zero-order valence-electron chi connectivity index (χ0n) is 16.9. The SMILES string of the molecule is c1cc2c3c4c5c(c6cc7cccc8c7c7c6c(c5cc3c1)SCS=7CS8)SCS=4CS2. The molecular weight excluding hydrogens is 505 g/mol. The van der Waals surface area contributed by atoms with Gasteiger partial charge in [-0.15, -0.1) is 47.0 Å². The maximum Gasteiger partial charge on any atom is 0.0404 e. The maximum absolute atomic E-state index is 2.55. The molecule has 0 aromatic heterocycles. The lowest BCUT2D eigenvalue weighted by molar-refractivity contribution is 1.48. The van der Waals surface area contributed by atoms with Crippen LogP contribution in [0.1, 0.15) is 0 Å². The number of hydrogen-bond donors (Lipinski definition) is 0. The van der Waals surface area contributed by atoms with Gasteiger partial charge in [-0.25, -0.2) is 0 Å². The van der Waals surface area contributed by atoms with E-state index in [0.29, 0.717) is 21.0 Å². The summed E-state index contributed by atoms with van der Waals surface area (Å²) >= 11 is 8.47. The Bertz CT molecular complexity index is 1750. The molecule has 4 heterocycles. The first-order valence-corrected chi connectivity index (χ1v) is 17.7. The molecule has 4 aliphatic heterocycles. The molecule has 156 valence electrons. The Morgan fingerprint density at radius 1 is 0.531 bits per heavy atom. The van der Waals surface area contributed by atoms with E-state index in [0.717, 1.165) is 0 Å². The summed E-state index contributed by atoms with van der Waals surface area (Å²) in [5, 5.41) is 17.4. The molecule has 0 aliphatic carbocycles. The van der Waals surface area contributed by atoms with Crippen molar-refractivity contribution >= 4 is 111 Å². The van der Waals surface area contributed by atoms with Crippen LogP contribution < -0.4 is 0 Å². The van der Waals surface area contributed by atoms with Gasteiger partial charge in [0.15, 0.2) is 0 Å². The van der Waals surface area contributed by atoms with Crippen molar-refractivity contribution in [2.24, 2.45) is 0 Å². The van der Waals surface area contributed by atoms with Gasteiger partial charge >= 0.3 is 0 Å². The topological polar surface area (TPSA) is 0 Å². The molecule has 0 amide bonds. The van der Waals surface area contributed by atoms with Crippen molar-refractivity contribution in [1.29, 1.82) is 0 Å². The van der Waals surface area contributed by atoms with Crippen molar-refractivity contribution in [3.05, 3.63) is 57.6 Å². The molecule has 5 aromatic carbocycles. The lowest BCUT2D eigenvalue weighted by Crippen LogP contribution is -2.03. The second-order valence-corrected chi connectivity index (χ2v) is 18.1. The van der Waals surface area contributed by atoms with Gasteiger partial charge in [0.05, 0.1) is 0 Å². The van der Waals surface area contributed by atoms with E-state index in [-0.39, 0.29) is 0 Å². The molecule has 0 saturated heterocycles. The highest BCUT2D eigenvalue weighted by atomic mass is 32.3. The number of thioether (sulfide) groups is 4. The van der Waals surface area contributed by atoms with Crippen molar-refractivity contribution < 1.29 is 0 Å². The minimum Gasteiger partial charge on any atom is -0.156 e. The Hall–Kier alpha value is -0.760. The predicted molar refractivity (Wildman–Crippen MR) is 152 cm³/mol. The van der Waals surface area contributed by atoms with Crippen molar-refractivity contribution in [2.45, 2.75) is 19.6 Å². The predicted octanol–water partition coefficient (Wildman–Crippen LogP) is 9.59. The summed E-state index contributed by atoms with van der Waals surface area (Å²) in [4.78, 5) is 6.15. The van der Waals surface area contributed by atoms with Gasteiger partial charge in [-0.05, 0) is 45.8 Å². The summed E-state index contributed by atoms with van der Waals surface area (Å²) in [6.07, 6.45) is 0. The Balaban J connectivity index is 1.66. The van der Waals surface area contributed by atoms with Crippen LogP contribution in [0.4, 0.5) is 0 Å². The fourth-order valence-electron chi connectivity index (χ4n) is 5.80. The highest BCUT2D eigenvalue weighted by Gasteiger charge is 2.29. The molecule has 32 heavy (non-hydrogen) atoms. The van der Waals surface area contributed by atoms with Crippen molar-refractivity contribution in [3.63, 3.8) is 0 Å². The van der Waals surface area contributed by atoms with Crippen LogP contribution in [0.25, 0.3) is 43.1 Å². The molecule has 0 fully saturated rings. The van der Waals surface area contributed by atoms with E-state index in [1.54, 1.807) is 51.1 Å². The van der Waals surface area contributed by atoms with Crippen LogP contribution in [0.15, 0.2) is 68.1 Å². The van der Waals surface area contributed by atoms with E-state index < -0.39 is 0 Å². The lowest BCUT2D eigenvalue weighted by atomic mass is 9.97. The molecule has 0 radical (unpaired) electrons. The van der Waals surface area contributed by atoms with Gasteiger partial charge < -0.3 is 0 Å². The molecule has 2 unspecified atom stereocenters. The summed E-state index contributed by atoms with van der Waals surface area (Å²) in [5.41, 5.74) is 0. The van der Waals surface area contributed by atoms with Gasteiger partial charge in [0, 0.05) is 70.5 Å². The van der Waals surface area contributed by atoms with Crippen LogP contribution in [0, 0.1) is 9.02 Å². The number of hydrogen-bond acceptors (Lipinski definition) is 4. The minimum atomic E-state index is 0.350. The quantitative estimate of drug-likeness (QED) is 0.147. The third-order valence-corrected chi connectivity index (χ3v) is 18.2. The molecule has 2 atom stereocenters.